The number of rotatable bonds is 4. The second-order valence-corrected chi connectivity index (χ2v) is 3.94. The molecule has 0 radical (unpaired) electrons. The summed E-state index contributed by atoms with van der Waals surface area (Å²) in [7, 11) is 0. The molecule has 0 atom stereocenters. The Morgan fingerprint density at radius 3 is 2.64 bits per heavy atom. The van der Waals surface area contributed by atoms with Crippen molar-refractivity contribution in [1.29, 1.82) is 0 Å². The van der Waals surface area contributed by atoms with Gasteiger partial charge in [0.2, 0.25) is 0 Å². The van der Waals surface area contributed by atoms with Crippen LogP contribution in [0.1, 0.15) is 32.6 Å². The van der Waals surface area contributed by atoms with Crippen LogP contribution in [-0.4, -0.2) is 13.1 Å². The minimum Gasteiger partial charge on any atom is -0.313 e. The third kappa shape index (κ3) is 2.66. The van der Waals surface area contributed by atoms with E-state index in [1.165, 1.54) is 32.2 Å². The molecule has 0 spiro atoms. The van der Waals surface area contributed by atoms with Gasteiger partial charge < -0.3 is 5.32 Å². The van der Waals surface area contributed by atoms with Gasteiger partial charge in [0.1, 0.15) is 0 Å². The Morgan fingerprint density at radius 2 is 2.09 bits per heavy atom. The Balaban J connectivity index is 2.17. The molecule has 0 aliphatic heterocycles. The first-order valence-corrected chi connectivity index (χ1v) is 4.58. The molecular formula is C10H19N. The molecule has 0 amide bonds. The van der Waals surface area contributed by atoms with Crippen LogP contribution in [0.25, 0.3) is 0 Å². The molecule has 1 N–H and O–H groups in total. The molecule has 0 unspecified atom stereocenters. The summed E-state index contributed by atoms with van der Waals surface area (Å²) in [5.74, 6) is 0. The molecule has 1 aliphatic carbocycles. The minimum absolute atomic E-state index is 0.586. The van der Waals surface area contributed by atoms with Gasteiger partial charge in [-0.25, -0.2) is 0 Å². The highest BCUT2D eigenvalue weighted by molar-refractivity contribution is 4.83. The zero-order valence-corrected chi connectivity index (χ0v) is 7.53. The van der Waals surface area contributed by atoms with E-state index in [1.54, 1.807) is 0 Å². The second-order valence-electron chi connectivity index (χ2n) is 3.94. The van der Waals surface area contributed by atoms with Gasteiger partial charge in [-0.2, -0.15) is 0 Å². The van der Waals surface area contributed by atoms with Crippen molar-refractivity contribution in [3.05, 3.63) is 12.7 Å². The topological polar surface area (TPSA) is 12.0 Å². The second kappa shape index (κ2) is 3.91. The summed E-state index contributed by atoms with van der Waals surface area (Å²) in [5.41, 5.74) is 0.586. The van der Waals surface area contributed by atoms with Crippen LogP contribution in [-0.2, 0) is 0 Å². The van der Waals surface area contributed by atoms with Crippen molar-refractivity contribution in [3.63, 3.8) is 0 Å². The Kier molecular flexibility index (Phi) is 3.13. The summed E-state index contributed by atoms with van der Waals surface area (Å²) < 4.78 is 0. The van der Waals surface area contributed by atoms with Gasteiger partial charge in [0.05, 0.1) is 0 Å². The number of hydrogen-bond donors (Lipinski definition) is 1. The van der Waals surface area contributed by atoms with E-state index in [2.05, 4.69) is 18.8 Å². The van der Waals surface area contributed by atoms with Gasteiger partial charge in [0.15, 0.2) is 0 Å². The van der Waals surface area contributed by atoms with Crippen molar-refractivity contribution in [2.24, 2.45) is 5.41 Å². The molecule has 11 heavy (non-hydrogen) atoms. The maximum Gasteiger partial charge on any atom is 0.0132 e. The van der Waals surface area contributed by atoms with Crippen LogP contribution in [0.15, 0.2) is 12.7 Å². The predicted molar refractivity (Wildman–Crippen MR) is 49.6 cm³/mol. The van der Waals surface area contributed by atoms with Gasteiger partial charge in [-0.1, -0.05) is 25.8 Å². The third-order valence-corrected chi connectivity index (χ3v) is 2.65. The maximum atomic E-state index is 3.69. The fourth-order valence-electron chi connectivity index (χ4n) is 1.88. The van der Waals surface area contributed by atoms with Crippen LogP contribution < -0.4 is 5.32 Å². The van der Waals surface area contributed by atoms with E-state index in [0.29, 0.717) is 5.41 Å². The summed E-state index contributed by atoms with van der Waals surface area (Å²) in [6.07, 6.45) is 7.57. The molecular weight excluding hydrogens is 134 g/mol. The lowest BCUT2D eigenvalue weighted by molar-refractivity contribution is 0.321. The smallest absolute Gasteiger partial charge is 0.0132 e. The normalized spacial score (nSPS) is 21.9. The summed E-state index contributed by atoms with van der Waals surface area (Å²) >= 11 is 0. The molecule has 64 valence electrons. The Labute approximate surface area is 69.9 Å². The summed E-state index contributed by atoms with van der Waals surface area (Å²) in [6, 6.07) is 0. The molecule has 0 heterocycles. The SMILES string of the molecule is C=CCNCC1(C)CCCC1. The lowest BCUT2D eigenvalue weighted by Gasteiger charge is -2.23. The van der Waals surface area contributed by atoms with Gasteiger partial charge in [-0.15, -0.1) is 6.58 Å². The molecule has 0 saturated heterocycles. The van der Waals surface area contributed by atoms with Crippen LogP contribution in [0.5, 0.6) is 0 Å². The lowest BCUT2D eigenvalue weighted by atomic mass is 9.89. The van der Waals surface area contributed by atoms with E-state index in [4.69, 9.17) is 0 Å². The van der Waals surface area contributed by atoms with E-state index in [0.717, 1.165) is 6.54 Å². The zero-order valence-electron chi connectivity index (χ0n) is 7.53. The van der Waals surface area contributed by atoms with E-state index in [-0.39, 0.29) is 0 Å². The largest absolute Gasteiger partial charge is 0.313 e. The summed E-state index contributed by atoms with van der Waals surface area (Å²) in [5, 5.41) is 3.40. The van der Waals surface area contributed by atoms with Crippen molar-refractivity contribution in [3.8, 4) is 0 Å². The molecule has 1 aliphatic rings. The Hall–Kier alpha value is -0.300. The average Bonchev–Trinajstić information content (AvgIpc) is 2.38. The standard InChI is InChI=1S/C10H19N/c1-3-8-11-9-10(2)6-4-5-7-10/h3,11H,1,4-9H2,2H3. The van der Waals surface area contributed by atoms with Gasteiger partial charge in [-0.3, -0.25) is 0 Å². The Bertz CT molecular complexity index is 123. The molecule has 0 bridgehead atoms. The molecule has 1 rings (SSSR count). The fourth-order valence-corrected chi connectivity index (χ4v) is 1.88. The summed E-state index contributed by atoms with van der Waals surface area (Å²) in [4.78, 5) is 0. The van der Waals surface area contributed by atoms with Crippen LogP contribution in [0.3, 0.4) is 0 Å². The first-order valence-electron chi connectivity index (χ1n) is 4.58. The maximum absolute atomic E-state index is 3.69. The predicted octanol–water partition coefficient (Wildman–Crippen LogP) is 2.34. The molecule has 0 aromatic carbocycles. The highest BCUT2D eigenvalue weighted by Gasteiger charge is 2.27. The minimum atomic E-state index is 0.586. The van der Waals surface area contributed by atoms with Crippen LogP contribution in [0.2, 0.25) is 0 Å². The van der Waals surface area contributed by atoms with Gasteiger partial charge in [0, 0.05) is 13.1 Å². The molecule has 1 fully saturated rings. The first kappa shape index (κ1) is 8.79. The van der Waals surface area contributed by atoms with Crippen molar-refractivity contribution in [2.75, 3.05) is 13.1 Å². The van der Waals surface area contributed by atoms with E-state index in [1.807, 2.05) is 6.08 Å². The van der Waals surface area contributed by atoms with E-state index >= 15 is 0 Å². The lowest BCUT2D eigenvalue weighted by Crippen LogP contribution is -2.29. The zero-order chi connectivity index (χ0) is 8.16. The Morgan fingerprint density at radius 1 is 1.45 bits per heavy atom. The highest BCUT2D eigenvalue weighted by Crippen LogP contribution is 2.36. The molecule has 1 saturated carbocycles. The fraction of sp³-hybridized carbons (Fsp3) is 0.800. The highest BCUT2D eigenvalue weighted by atomic mass is 14.9. The van der Waals surface area contributed by atoms with E-state index < -0.39 is 0 Å². The van der Waals surface area contributed by atoms with Crippen molar-refractivity contribution in [2.45, 2.75) is 32.6 Å². The van der Waals surface area contributed by atoms with Crippen molar-refractivity contribution in [1.82, 2.24) is 5.32 Å². The van der Waals surface area contributed by atoms with Gasteiger partial charge in [-0.05, 0) is 18.3 Å². The van der Waals surface area contributed by atoms with E-state index in [9.17, 15) is 0 Å². The van der Waals surface area contributed by atoms with Crippen LogP contribution in [0, 0.1) is 5.41 Å². The number of nitrogens with one attached hydrogen (secondary N) is 1. The molecule has 1 nitrogen and oxygen atoms in total. The monoisotopic (exact) mass is 153 g/mol. The van der Waals surface area contributed by atoms with Crippen LogP contribution in [0.4, 0.5) is 0 Å². The quantitative estimate of drug-likeness (QED) is 0.483. The van der Waals surface area contributed by atoms with Crippen molar-refractivity contribution < 1.29 is 0 Å². The van der Waals surface area contributed by atoms with Gasteiger partial charge >= 0.3 is 0 Å². The molecule has 0 aromatic heterocycles. The van der Waals surface area contributed by atoms with Gasteiger partial charge in [0.25, 0.3) is 0 Å². The van der Waals surface area contributed by atoms with Crippen molar-refractivity contribution >= 4 is 0 Å². The average molecular weight is 153 g/mol. The number of hydrogen-bond acceptors (Lipinski definition) is 1. The molecule has 1 heteroatoms. The first-order chi connectivity index (χ1) is 5.27. The summed E-state index contributed by atoms with van der Waals surface area (Å²) in [6.45, 7) is 8.19. The third-order valence-electron chi connectivity index (χ3n) is 2.65. The molecule has 0 aromatic rings. The van der Waals surface area contributed by atoms with Crippen LogP contribution >= 0.6 is 0 Å².